The van der Waals surface area contributed by atoms with Crippen molar-refractivity contribution < 1.29 is 0 Å². The lowest BCUT2D eigenvalue weighted by Gasteiger charge is -2.09. The Hall–Kier alpha value is -1.33. The third kappa shape index (κ3) is 3.27. The first-order chi connectivity index (χ1) is 6.36. The van der Waals surface area contributed by atoms with Gasteiger partial charge in [-0.3, -0.25) is 0 Å². The molecule has 0 spiro atoms. The first-order valence-corrected chi connectivity index (χ1v) is 4.09. The number of hydrogen-bond donors (Lipinski definition) is 3. The monoisotopic (exact) mass is 181 g/mol. The minimum atomic E-state index is 0.471. The zero-order valence-corrected chi connectivity index (χ0v) is 7.50. The van der Waals surface area contributed by atoms with E-state index >= 15 is 0 Å². The van der Waals surface area contributed by atoms with Gasteiger partial charge in [0.15, 0.2) is 0 Å². The summed E-state index contributed by atoms with van der Waals surface area (Å²) in [4.78, 5) is 4.02. The van der Waals surface area contributed by atoms with Crippen molar-refractivity contribution in [3.63, 3.8) is 0 Å². The fourth-order valence-corrected chi connectivity index (χ4v) is 0.874. The number of likely N-dealkylation sites (N-methyl/N-ethyl adjacent to an activating group) is 1. The molecule has 1 heterocycles. The lowest BCUT2D eigenvalue weighted by atomic mass is 10.4. The zero-order valence-electron chi connectivity index (χ0n) is 7.50. The smallest absolute Gasteiger partial charge is 0.126 e. The van der Waals surface area contributed by atoms with E-state index < -0.39 is 0 Å². The Morgan fingerprint density at radius 1 is 1.38 bits per heavy atom. The second-order valence-electron chi connectivity index (χ2n) is 2.56. The van der Waals surface area contributed by atoms with E-state index in [4.69, 9.17) is 0 Å². The molecule has 0 fully saturated rings. The summed E-state index contributed by atoms with van der Waals surface area (Å²) in [6.07, 6.45) is 1.49. The molecule has 1 aromatic rings. The maximum absolute atomic E-state index is 10.2. The number of hydrogen-bond acceptors (Lipinski definition) is 5. The molecule has 5 heteroatoms. The molecule has 0 radical (unpaired) electrons. The van der Waals surface area contributed by atoms with Gasteiger partial charge in [0.1, 0.15) is 5.82 Å². The van der Waals surface area contributed by atoms with E-state index in [1.807, 2.05) is 7.05 Å². The predicted molar refractivity (Wildman–Crippen MR) is 53.6 cm³/mol. The molecule has 0 bridgehead atoms. The van der Waals surface area contributed by atoms with Crippen molar-refractivity contribution in [2.24, 2.45) is 0 Å². The molecule has 1 aromatic heterocycles. The van der Waals surface area contributed by atoms with Crippen LogP contribution in [0.4, 0.5) is 11.5 Å². The molecule has 13 heavy (non-hydrogen) atoms. The Morgan fingerprint density at radius 3 is 2.77 bits per heavy atom. The van der Waals surface area contributed by atoms with Crippen LogP contribution < -0.4 is 16.1 Å². The molecule has 0 aromatic carbocycles. The van der Waals surface area contributed by atoms with Gasteiger partial charge in [0.05, 0.1) is 6.20 Å². The molecule has 0 atom stereocenters. The Morgan fingerprint density at radius 2 is 2.23 bits per heavy atom. The van der Waals surface area contributed by atoms with Gasteiger partial charge in [0.2, 0.25) is 0 Å². The lowest BCUT2D eigenvalue weighted by Crippen LogP contribution is -2.18. The molecule has 1 rings (SSSR count). The summed E-state index contributed by atoms with van der Waals surface area (Å²) >= 11 is 0. The highest BCUT2D eigenvalue weighted by Crippen LogP contribution is 2.07. The van der Waals surface area contributed by atoms with Crippen molar-refractivity contribution in [3.8, 4) is 0 Å². The molecule has 5 nitrogen and oxygen atoms in total. The van der Waals surface area contributed by atoms with E-state index in [1.165, 1.54) is 6.20 Å². The standard InChI is InChI=1S/C8H13N4O/c1-9-4-5-10-8-3-2-7(12-13)6-11-8/h2-3,6,9,12H,4-5H2,1H3,(H,10,11)/q-1. The van der Waals surface area contributed by atoms with Gasteiger partial charge in [0, 0.05) is 18.8 Å². The van der Waals surface area contributed by atoms with Gasteiger partial charge in [-0.2, -0.15) is 0 Å². The molecule has 72 valence electrons. The average molecular weight is 181 g/mol. The van der Waals surface area contributed by atoms with Gasteiger partial charge in [-0.25, -0.2) is 4.98 Å². The van der Waals surface area contributed by atoms with E-state index in [-0.39, 0.29) is 0 Å². The molecular formula is C8H13N4O-. The van der Waals surface area contributed by atoms with Crippen molar-refractivity contribution >= 4 is 11.5 Å². The van der Waals surface area contributed by atoms with E-state index in [1.54, 1.807) is 17.6 Å². The van der Waals surface area contributed by atoms with Crippen LogP contribution >= 0.6 is 0 Å². The van der Waals surface area contributed by atoms with Crippen LogP contribution in [0.1, 0.15) is 0 Å². The van der Waals surface area contributed by atoms with Crippen molar-refractivity contribution in [3.05, 3.63) is 23.5 Å². The summed E-state index contributed by atoms with van der Waals surface area (Å²) in [6, 6.07) is 3.44. The quantitative estimate of drug-likeness (QED) is 0.459. The second-order valence-corrected chi connectivity index (χ2v) is 2.56. The van der Waals surface area contributed by atoms with E-state index in [0.717, 1.165) is 18.9 Å². The summed E-state index contributed by atoms with van der Waals surface area (Å²) in [5, 5.41) is 16.3. The summed E-state index contributed by atoms with van der Waals surface area (Å²) in [5.41, 5.74) is 2.24. The maximum Gasteiger partial charge on any atom is 0.126 e. The van der Waals surface area contributed by atoms with E-state index in [9.17, 15) is 5.21 Å². The Labute approximate surface area is 77.1 Å². The molecule has 0 aliphatic heterocycles. The van der Waals surface area contributed by atoms with Gasteiger partial charge < -0.3 is 21.3 Å². The molecule has 0 amide bonds. The van der Waals surface area contributed by atoms with Crippen molar-refractivity contribution in [1.82, 2.24) is 10.3 Å². The maximum atomic E-state index is 10.2. The third-order valence-corrected chi connectivity index (χ3v) is 1.56. The van der Waals surface area contributed by atoms with Crippen molar-refractivity contribution in [2.75, 3.05) is 30.9 Å². The van der Waals surface area contributed by atoms with Gasteiger partial charge in [-0.15, -0.1) is 0 Å². The highest BCUT2D eigenvalue weighted by atomic mass is 16.5. The Kier molecular flexibility index (Phi) is 4.01. The average Bonchev–Trinajstić information content (AvgIpc) is 2.19. The number of anilines is 2. The predicted octanol–water partition coefficient (Wildman–Crippen LogP) is 0.623. The van der Waals surface area contributed by atoms with Gasteiger partial charge in [-0.1, -0.05) is 0 Å². The fourth-order valence-electron chi connectivity index (χ4n) is 0.874. The minimum absolute atomic E-state index is 0.471. The van der Waals surface area contributed by atoms with Crippen molar-refractivity contribution in [2.45, 2.75) is 0 Å². The normalized spacial score (nSPS) is 9.69. The second kappa shape index (κ2) is 5.34. The number of pyridine rings is 1. The van der Waals surface area contributed by atoms with Crippen LogP contribution in [-0.2, 0) is 0 Å². The van der Waals surface area contributed by atoms with E-state index in [0.29, 0.717) is 5.69 Å². The van der Waals surface area contributed by atoms with Crippen LogP contribution in [0.25, 0.3) is 0 Å². The minimum Gasteiger partial charge on any atom is -0.761 e. The highest BCUT2D eigenvalue weighted by Gasteiger charge is 1.91. The molecule has 0 saturated carbocycles. The van der Waals surface area contributed by atoms with Gasteiger partial charge in [0.25, 0.3) is 0 Å². The summed E-state index contributed by atoms with van der Waals surface area (Å²) < 4.78 is 0. The Balaban J connectivity index is 2.40. The largest absolute Gasteiger partial charge is 0.761 e. The summed E-state index contributed by atoms with van der Waals surface area (Å²) in [6.45, 7) is 1.69. The highest BCUT2D eigenvalue weighted by molar-refractivity contribution is 5.47. The Bertz CT molecular complexity index is 236. The van der Waals surface area contributed by atoms with Crippen LogP contribution in [0.5, 0.6) is 0 Å². The molecule has 0 aliphatic carbocycles. The molecular weight excluding hydrogens is 168 g/mol. The van der Waals surface area contributed by atoms with E-state index in [2.05, 4.69) is 15.6 Å². The zero-order chi connectivity index (χ0) is 9.52. The van der Waals surface area contributed by atoms with Crippen molar-refractivity contribution in [1.29, 1.82) is 0 Å². The summed E-state index contributed by atoms with van der Waals surface area (Å²) in [7, 11) is 1.89. The van der Waals surface area contributed by atoms with Gasteiger partial charge in [-0.05, 0) is 19.2 Å². The fraction of sp³-hybridized carbons (Fsp3) is 0.375. The van der Waals surface area contributed by atoms with Gasteiger partial charge >= 0.3 is 0 Å². The topological polar surface area (TPSA) is 72.0 Å². The molecule has 0 unspecified atom stereocenters. The number of rotatable bonds is 5. The SMILES string of the molecule is CNCCNc1ccc(N[O-])cn1. The molecule has 3 N–H and O–H groups in total. The molecule has 0 aliphatic rings. The number of aromatic nitrogens is 1. The van der Waals surface area contributed by atoms with Crippen LogP contribution in [0.3, 0.4) is 0 Å². The number of nitrogens with one attached hydrogen (secondary N) is 3. The first kappa shape index (κ1) is 9.76. The third-order valence-electron chi connectivity index (χ3n) is 1.56. The van der Waals surface area contributed by atoms with Crippen LogP contribution in [0, 0.1) is 5.21 Å². The van der Waals surface area contributed by atoms with Crippen LogP contribution in [-0.4, -0.2) is 25.1 Å². The van der Waals surface area contributed by atoms with Crippen LogP contribution in [0.2, 0.25) is 0 Å². The summed E-state index contributed by atoms with van der Waals surface area (Å²) in [5.74, 6) is 0.772. The first-order valence-electron chi connectivity index (χ1n) is 4.09. The lowest BCUT2D eigenvalue weighted by molar-refractivity contribution is 0.821. The molecule has 0 saturated heterocycles. The number of nitrogens with zero attached hydrogens (tertiary/aromatic N) is 1. The van der Waals surface area contributed by atoms with Crippen LogP contribution in [0.15, 0.2) is 18.3 Å².